The van der Waals surface area contributed by atoms with Gasteiger partial charge in [-0.25, -0.2) is 4.39 Å². The second kappa shape index (κ2) is 6.58. The highest BCUT2D eigenvalue weighted by Gasteiger charge is 2.26. The van der Waals surface area contributed by atoms with E-state index in [1.54, 1.807) is 36.5 Å². The van der Waals surface area contributed by atoms with Crippen molar-refractivity contribution in [1.29, 1.82) is 0 Å². The number of amides is 1. The zero-order valence-corrected chi connectivity index (χ0v) is 13.0. The van der Waals surface area contributed by atoms with Crippen LogP contribution < -0.4 is 5.32 Å². The van der Waals surface area contributed by atoms with E-state index in [0.29, 0.717) is 5.52 Å². The van der Waals surface area contributed by atoms with Crippen LogP contribution in [0, 0.1) is 5.82 Å². The summed E-state index contributed by atoms with van der Waals surface area (Å²) in [5.74, 6) is -0.899. The molecule has 3 nitrogen and oxygen atoms in total. The van der Waals surface area contributed by atoms with E-state index in [-0.39, 0.29) is 11.4 Å². The van der Waals surface area contributed by atoms with E-state index in [1.165, 1.54) is 12.1 Å². The Balaban J connectivity index is 1.74. The Kier molecular flexibility index (Phi) is 4.48. The van der Waals surface area contributed by atoms with E-state index in [9.17, 15) is 22.4 Å². The summed E-state index contributed by atoms with van der Waals surface area (Å²) in [6.07, 6.45) is -3.63. The number of aromatic amines is 1. The molecule has 0 bridgehead atoms. The van der Waals surface area contributed by atoms with Crippen LogP contribution in [0.2, 0.25) is 0 Å². The molecule has 130 valence electrons. The molecule has 2 aromatic carbocycles. The van der Waals surface area contributed by atoms with Gasteiger partial charge < -0.3 is 10.3 Å². The second-order valence-corrected chi connectivity index (χ2v) is 5.59. The highest BCUT2D eigenvalue weighted by atomic mass is 19.4. The molecule has 0 aliphatic heterocycles. The molecule has 0 saturated heterocycles. The molecule has 0 atom stereocenters. The van der Waals surface area contributed by atoms with Gasteiger partial charge in [-0.1, -0.05) is 12.1 Å². The third-order valence-corrected chi connectivity index (χ3v) is 3.80. The second-order valence-electron chi connectivity index (χ2n) is 5.59. The number of benzene rings is 2. The minimum atomic E-state index is -4.30. The lowest BCUT2D eigenvalue weighted by molar-refractivity contribution is -0.132. The fourth-order valence-corrected chi connectivity index (χ4v) is 2.56. The number of H-pyrrole nitrogens is 1. The Morgan fingerprint density at radius 2 is 1.80 bits per heavy atom. The van der Waals surface area contributed by atoms with Crippen LogP contribution in [0.4, 0.5) is 17.6 Å². The lowest BCUT2D eigenvalue weighted by Crippen LogP contribution is -2.27. The van der Waals surface area contributed by atoms with E-state index in [4.69, 9.17) is 0 Å². The fraction of sp³-hybridized carbons (Fsp3) is 0.167. The van der Waals surface area contributed by atoms with Crippen molar-refractivity contribution >= 4 is 16.8 Å². The first-order valence-corrected chi connectivity index (χ1v) is 7.55. The molecule has 3 rings (SSSR count). The molecule has 7 heteroatoms. The molecule has 1 amide bonds. The lowest BCUT2D eigenvalue weighted by Gasteiger charge is -2.08. The van der Waals surface area contributed by atoms with Crippen LogP contribution in [0.15, 0.2) is 48.7 Å². The number of hydrogen-bond donors (Lipinski definition) is 2. The normalized spacial score (nSPS) is 11.7. The number of carbonyl (C=O) groups excluding carboxylic acids is 1. The van der Waals surface area contributed by atoms with E-state index >= 15 is 0 Å². The van der Waals surface area contributed by atoms with E-state index in [0.717, 1.165) is 16.5 Å². The summed E-state index contributed by atoms with van der Waals surface area (Å²) in [6, 6.07) is 10.9. The van der Waals surface area contributed by atoms with Gasteiger partial charge >= 0.3 is 6.18 Å². The van der Waals surface area contributed by atoms with Gasteiger partial charge in [-0.15, -0.1) is 0 Å². The van der Waals surface area contributed by atoms with Gasteiger partial charge in [-0.05, 0) is 35.9 Å². The Labute approximate surface area is 140 Å². The van der Waals surface area contributed by atoms with Crippen LogP contribution in [0.25, 0.3) is 22.0 Å². The zero-order chi connectivity index (χ0) is 18.0. The molecule has 0 fully saturated rings. The summed E-state index contributed by atoms with van der Waals surface area (Å²) in [4.78, 5) is 14.8. The van der Waals surface area contributed by atoms with Crippen LogP contribution >= 0.6 is 0 Å². The molecule has 0 unspecified atom stereocenters. The SMILES string of the molecule is O=C(NCCC(F)(F)F)c1ccc(-c2c[nH]c3cc(F)ccc23)cc1. The molecule has 25 heavy (non-hydrogen) atoms. The number of hydrogen-bond acceptors (Lipinski definition) is 1. The van der Waals surface area contributed by atoms with Crippen LogP contribution in [-0.2, 0) is 0 Å². The standard InChI is InChI=1S/C18H14F4N2O/c19-13-5-6-14-15(10-24-16(14)9-13)11-1-3-12(4-2-11)17(25)23-8-7-18(20,21)22/h1-6,9-10,24H,7-8H2,(H,23,25). The van der Waals surface area contributed by atoms with E-state index < -0.39 is 25.0 Å². The highest BCUT2D eigenvalue weighted by molar-refractivity contribution is 5.97. The first-order valence-electron chi connectivity index (χ1n) is 7.55. The van der Waals surface area contributed by atoms with Gasteiger partial charge in [0.2, 0.25) is 0 Å². The summed E-state index contributed by atoms with van der Waals surface area (Å²) in [5.41, 5.74) is 2.59. The zero-order valence-electron chi connectivity index (χ0n) is 13.0. The number of rotatable bonds is 4. The first kappa shape index (κ1) is 17.0. The lowest BCUT2D eigenvalue weighted by atomic mass is 10.0. The summed E-state index contributed by atoms with van der Waals surface area (Å²) < 4.78 is 49.5. The number of nitrogens with one attached hydrogen (secondary N) is 2. The summed E-state index contributed by atoms with van der Waals surface area (Å²) in [5, 5.41) is 3.08. The van der Waals surface area contributed by atoms with Crippen molar-refractivity contribution in [2.45, 2.75) is 12.6 Å². The van der Waals surface area contributed by atoms with Gasteiger partial charge in [-0.3, -0.25) is 4.79 Å². The topological polar surface area (TPSA) is 44.9 Å². The molecule has 0 aliphatic carbocycles. The molecule has 0 saturated carbocycles. The van der Waals surface area contributed by atoms with Crippen LogP contribution in [-0.4, -0.2) is 23.6 Å². The van der Waals surface area contributed by atoms with Crippen LogP contribution in [0.1, 0.15) is 16.8 Å². The number of fused-ring (bicyclic) bond motifs is 1. The van der Waals surface area contributed by atoms with Gasteiger partial charge in [0.1, 0.15) is 5.82 Å². The van der Waals surface area contributed by atoms with Crippen molar-refractivity contribution in [1.82, 2.24) is 10.3 Å². The van der Waals surface area contributed by atoms with Gasteiger partial charge in [0, 0.05) is 34.8 Å². The Morgan fingerprint density at radius 3 is 2.48 bits per heavy atom. The maximum Gasteiger partial charge on any atom is 0.390 e. The number of alkyl halides is 3. The van der Waals surface area contributed by atoms with Crippen molar-refractivity contribution in [3.63, 3.8) is 0 Å². The first-order chi connectivity index (χ1) is 11.8. The maximum atomic E-state index is 13.2. The predicted molar refractivity (Wildman–Crippen MR) is 86.7 cm³/mol. The van der Waals surface area contributed by atoms with Gasteiger partial charge in [-0.2, -0.15) is 13.2 Å². The van der Waals surface area contributed by atoms with Crippen molar-refractivity contribution in [3.05, 3.63) is 60.0 Å². The van der Waals surface area contributed by atoms with Crippen LogP contribution in [0.3, 0.4) is 0 Å². The molecule has 2 N–H and O–H groups in total. The maximum absolute atomic E-state index is 13.2. The van der Waals surface area contributed by atoms with Crippen molar-refractivity contribution in [2.75, 3.05) is 6.54 Å². The molecule has 0 spiro atoms. The average Bonchev–Trinajstić information content (AvgIpc) is 2.96. The van der Waals surface area contributed by atoms with Crippen LogP contribution in [0.5, 0.6) is 0 Å². The quantitative estimate of drug-likeness (QED) is 0.661. The van der Waals surface area contributed by atoms with Crippen molar-refractivity contribution in [2.24, 2.45) is 0 Å². The monoisotopic (exact) mass is 350 g/mol. The fourth-order valence-electron chi connectivity index (χ4n) is 2.56. The predicted octanol–water partition coefficient (Wildman–Crippen LogP) is 4.66. The molecule has 1 heterocycles. The highest BCUT2D eigenvalue weighted by Crippen LogP contribution is 2.29. The third-order valence-electron chi connectivity index (χ3n) is 3.80. The van der Waals surface area contributed by atoms with Gasteiger partial charge in [0.05, 0.1) is 6.42 Å². The summed E-state index contributed by atoms with van der Waals surface area (Å²) >= 11 is 0. The number of halogens is 4. The van der Waals surface area contributed by atoms with Crippen molar-refractivity contribution < 1.29 is 22.4 Å². The average molecular weight is 350 g/mol. The molecular formula is C18H14F4N2O. The Bertz CT molecular complexity index is 898. The third kappa shape index (κ3) is 3.99. The Hall–Kier alpha value is -2.83. The minimum Gasteiger partial charge on any atom is -0.360 e. The van der Waals surface area contributed by atoms with Crippen molar-refractivity contribution in [3.8, 4) is 11.1 Å². The number of carbonyl (C=O) groups is 1. The number of aromatic nitrogens is 1. The minimum absolute atomic E-state index is 0.275. The molecule has 0 radical (unpaired) electrons. The van der Waals surface area contributed by atoms with Gasteiger partial charge in [0.25, 0.3) is 5.91 Å². The molecule has 0 aliphatic rings. The Morgan fingerprint density at radius 1 is 1.08 bits per heavy atom. The van der Waals surface area contributed by atoms with Gasteiger partial charge in [0.15, 0.2) is 0 Å². The smallest absolute Gasteiger partial charge is 0.360 e. The summed E-state index contributed by atoms with van der Waals surface area (Å²) in [7, 11) is 0. The molecule has 1 aromatic heterocycles. The largest absolute Gasteiger partial charge is 0.390 e. The summed E-state index contributed by atoms with van der Waals surface area (Å²) in [6.45, 7) is -0.460. The van der Waals surface area contributed by atoms with E-state index in [2.05, 4.69) is 10.3 Å². The molecule has 3 aromatic rings. The van der Waals surface area contributed by atoms with E-state index in [1.807, 2.05) is 0 Å². The molecular weight excluding hydrogens is 336 g/mol.